The van der Waals surface area contributed by atoms with Crippen molar-refractivity contribution in [3.05, 3.63) is 52.7 Å². The zero-order valence-electron chi connectivity index (χ0n) is 10.8. The number of anilines is 2. The molecular formula is C15H14ClN3. The Balaban J connectivity index is 2.32. The van der Waals surface area contributed by atoms with Gasteiger partial charge in [0.2, 0.25) is 0 Å². The van der Waals surface area contributed by atoms with Gasteiger partial charge in [0.05, 0.1) is 5.56 Å². The third kappa shape index (κ3) is 3.04. The van der Waals surface area contributed by atoms with Gasteiger partial charge in [-0.1, -0.05) is 37.6 Å². The monoisotopic (exact) mass is 271 g/mol. The van der Waals surface area contributed by atoms with Gasteiger partial charge in [-0.3, -0.25) is 0 Å². The van der Waals surface area contributed by atoms with Gasteiger partial charge in [0.15, 0.2) is 5.82 Å². The third-order valence-electron chi connectivity index (χ3n) is 2.83. The highest BCUT2D eigenvalue weighted by atomic mass is 35.5. The second kappa shape index (κ2) is 5.73. The molecule has 0 bridgehead atoms. The molecule has 1 aromatic carbocycles. The zero-order chi connectivity index (χ0) is 13.8. The van der Waals surface area contributed by atoms with E-state index in [4.69, 9.17) is 16.9 Å². The van der Waals surface area contributed by atoms with Gasteiger partial charge in [-0.25, -0.2) is 4.98 Å². The average Bonchev–Trinajstić information content (AvgIpc) is 2.41. The Bertz CT molecular complexity index is 630. The van der Waals surface area contributed by atoms with Gasteiger partial charge in [-0.05, 0) is 29.7 Å². The number of aromatic nitrogens is 1. The first kappa shape index (κ1) is 13.4. The molecule has 0 unspecified atom stereocenters. The molecule has 0 radical (unpaired) electrons. The van der Waals surface area contributed by atoms with Crippen LogP contribution >= 0.6 is 11.6 Å². The van der Waals surface area contributed by atoms with Gasteiger partial charge in [0, 0.05) is 11.9 Å². The molecule has 0 spiro atoms. The van der Waals surface area contributed by atoms with E-state index in [-0.39, 0.29) is 0 Å². The first-order chi connectivity index (χ1) is 9.11. The molecule has 2 rings (SSSR count). The second-order valence-corrected chi connectivity index (χ2v) is 4.92. The molecule has 4 heteroatoms. The molecule has 0 aliphatic rings. The van der Waals surface area contributed by atoms with Crippen LogP contribution in [0.1, 0.15) is 30.9 Å². The Morgan fingerprint density at radius 2 is 2.11 bits per heavy atom. The molecule has 0 aliphatic heterocycles. The summed E-state index contributed by atoms with van der Waals surface area (Å²) in [7, 11) is 0. The summed E-state index contributed by atoms with van der Waals surface area (Å²) in [5.41, 5.74) is 2.56. The van der Waals surface area contributed by atoms with Gasteiger partial charge in [0.25, 0.3) is 0 Å². The molecule has 0 saturated carbocycles. The van der Waals surface area contributed by atoms with E-state index < -0.39 is 0 Å². The van der Waals surface area contributed by atoms with Gasteiger partial charge in [0.1, 0.15) is 11.1 Å². The highest BCUT2D eigenvalue weighted by Crippen LogP contribution is 2.27. The molecule has 2 aromatic rings. The van der Waals surface area contributed by atoms with Crippen LogP contribution in [0, 0.1) is 11.3 Å². The lowest BCUT2D eigenvalue weighted by Crippen LogP contribution is -1.97. The van der Waals surface area contributed by atoms with Crippen molar-refractivity contribution in [2.75, 3.05) is 5.32 Å². The number of nitrogens with one attached hydrogen (secondary N) is 1. The summed E-state index contributed by atoms with van der Waals surface area (Å²) in [5.74, 6) is 0.956. The van der Waals surface area contributed by atoms with Crippen LogP contribution in [0.5, 0.6) is 0 Å². The fraction of sp³-hybridized carbons (Fsp3) is 0.200. The second-order valence-electron chi connectivity index (χ2n) is 4.54. The van der Waals surface area contributed by atoms with E-state index in [9.17, 15) is 0 Å². The number of nitriles is 1. The number of rotatable bonds is 3. The highest BCUT2D eigenvalue weighted by Gasteiger charge is 2.08. The van der Waals surface area contributed by atoms with Crippen molar-refractivity contribution in [2.24, 2.45) is 0 Å². The van der Waals surface area contributed by atoms with Crippen molar-refractivity contribution >= 4 is 23.1 Å². The molecule has 0 saturated heterocycles. The molecule has 1 N–H and O–H groups in total. The normalized spacial score (nSPS) is 10.3. The molecule has 0 aliphatic carbocycles. The van der Waals surface area contributed by atoms with Crippen molar-refractivity contribution in [1.82, 2.24) is 4.98 Å². The Morgan fingerprint density at radius 3 is 2.79 bits per heavy atom. The maximum atomic E-state index is 8.94. The molecule has 19 heavy (non-hydrogen) atoms. The molecule has 0 atom stereocenters. The summed E-state index contributed by atoms with van der Waals surface area (Å²) < 4.78 is 0. The van der Waals surface area contributed by atoms with E-state index in [1.54, 1.807) is 12.3 Å². The van der Waals surface area contributed by atoms with E-state index >= 15 is 0 Å². The number of hydrogen-bond acceptors (Lipinski definition) is 3. The van der Waals surface area contributed by atoms with Crippen LogP contribution in [0.3, 0.4) is 0 Å². The van der Waals surface area contributed by atoms with Crippen LogP contribution in [0.25, 0.3) is 0 Å². The third-order valence-corrected chi connectivity index (χ3v) is 3.21. The molecular weight excluding hydrogens is 258 g/mol. The predicted octanol–water partition coefficient (Wildman–Crippen LogP) is 4.47. The van der Waals surface area contributed by atoms with E-state index in [1.807, 2.05) is 18.2 Å². The van der Waals surface area contributed by atoms with Gasteiger partial charge in [-0.2, -0.15) is 5.26 Å². The molecule has 3 nitrogen and oxygen atoms in total. The largest absolute Gasteiger partial charge is 0.339 e. The average molecular weight is 272 g/mol. The Hall–Kier alpha value is -2.05. The number of halogens is 1. The van der Waals surface area contributed by atoms with Crippen LogP contribution in [0.2, 0.25) is 5.02 Å². The smallest absolute Gasteiger partial charge is 0.150 e. The fourth-order valence-electron chi connectivity index (χ4n) is 1.73. The first-order valence-corrected chi connectivity index (χ1v) is 6.41. The molecule has 1 heterocycles. The van der Waals surface area contributed by atoms with Crippen molar-refractivity contribution in [1.29, 1.82) is 5.26 Å². The van der Waals surface area contributed by atoms with Gasteiger partial charge < -0.3 is 5.32 Å². The maximum absolute atomic E-state index is 8.94. The van der Waals surface area contributed by atoms with Crippen molar-refractivity contribution in [3.8, 4) is 6.07 Å². The van der Waals surface area contributed by atoms with Crippen LogP contribution in [-0.2, 0) is 0 Å². The lowest BCUT2D eigenvalue weighted by Gasteiger charge is -2.11. The first-order valence-electron chi connectivity index (χ1n) is 6.03. The highest BCUT2D eigenvalue weighted by molar-refractivity contribution is 6.34. The quantitative estimate of drug-likeness (QED) is 0.896. The van der Waals surface area contributed by atoms with E-state index in [2.05, 4.69) is 36.3 Å². The van der Waals surface area contributed by atoms with Crippen molar-refractivity contribution in [2.45, 2.75) is 19.8 Å². The standard InChI is InChI=1S/C15H14ClN3/c1-10(2)11-4-3-5-13(8-11)19-15-14(16)12(9-17)6-7-18-15/h3-8,10H,1-2H3,(H,18,19). The summed E-state index contributed by atoms with van der Waals surface area (Å²) in [6.45, 7) is 4.28. The van der Waals surface area contributed by atoms with Gasteiger partial charge >= 0.3 is 0 Å². The van der Waals surface area contributed by atoms with Crippen LogP contribution in [0.15, 0.2) is 36.5 Å². The maximum Gasteiger partial charge on any atom is 0.150 e. The summed E-state index contributed by atoms with van der Waals surface area (Å²) in [6.07, 6.45) is 1.57. The minimum Gasteiger partial charge on any atom is -0.339 e. The van der Waals surface area contributed by atoms with E-state index in [0.717, 1.165) is 5.69 Å². The molecule has 96 valence electrons. The van der Waals surface area contributed by atoms with Crippen molar-refractivity contribution < 1.29 is 0 Å². The van der Waals surface area contributed by atoms with E-state index in [1.165, 1.54) is 5.56 Å². The topological polar surface area (TPSA) is 48.7 Å². The number of benzene rings is 1. The summed E-state index contributed by atoms with van der Waals surface area (Å²) >= 11 is 6.11. The molecule has 0 amide bonds. The number of nitrogens with zero attached hydrogens (tertiary/aromatic N) is 2. The minimum atomic E-state index is 0.347. The van der Waals surface area contributed by atoms with Crippen LogP contribution < -0.4 is 5.32 Å². The lowest BCUT2D eigenvalue weighted by atomic mass is 10.0. The summed E-state index contributed by atoms with van der Waals surface area (Å²) in [4.78, 5) is 4.16. The Kier molecular flexibility index (Phi) is 4.03. The zero-order valence-corrected chi connectivity index (χ0v) is 11.6. The van der Waals surface area contributed by atoms with Crippen LogP contribution in [-0.4, -0.2) is 4.98 Å². The minimum absolute atomic E-state index is 0.347. The lowest BCUT2D eigenvalue weighted by molar-refractivity contribution is 0.867. The Morgan fingerprint density at radius 1 is 1.32 bits per heavy atom. The number of hydrogen-bond donors (Lipinski definition) is 1. The number of pyridine rings is 1. The SMILES string of the molecule is CC(C)c1cccc(Nc2nccc(C#N)c2Cl)c1. The summed E-state index contributed by atoms with van der Waals surface area (Å²) in [6, 6.07) is 11.7. The Labute approximate surface area is 117 Å². The van der Waals surface area contributed by atoms with Gasteiger partial charge in [-0.15, -0.1) is 0 Å². The fourth-order valence-corrected chi connectivity index (χ4v) is 1.93. The molecule has 1 aromatic heterocycles. The predicted molar refractivity (Wildman–Crippen MR) is 77.8 cm³/mol. The van der Waals surface area contributed by atoms with E-state index in [0.29, 0.717) is 22.3 Å². The molecule has 0 fully saturated rings. The van der Waals surface area contributed by atoms with Crippen LogP contribution in [0.4, 0.5) is 11.5 Å². The van der Waals surface area contributed by atoms with Crippen molar-refractivity contribution in [3.63, 3.8) is 0 Å². The summed E-state index contributed by atoms with van der Waals surface area (Å²) in [5, 5.41) is 12.4.